The number of nitrogens with zero attached hydrogens (tertiary/aromatic N) is 4. The van der Waals surface area contributed by atoms with Crippen LogP contribution in [-0.2, 0) is 24.4 Å². The van der Waals surface area contributed by atoms with E-state index in [0.29, 0.717) is 32.6 Å². The van der Waals surface area contributed by atoms with Crippen molar-refractivity contribution in [3.05, 3.63) is 29.6 Å². The van der Waals surface area contributed by atoms with Gasteiger partial charge in [-0.25, -0.2) is 4.79 Å². The zero-order valence-corrected chi connectivity index (χ0v) is 14.1. The van der Waals surface area contributed by atoms with Crippen LogP contribution in [0.3, 0.4) is 0 Å². The van der Waals surface area contributed by atoms with Gasteiger partial charge in [0.25, 0.3) is 0 Å². The molecule has 1 N–H and O–H groups in total. The van der Waals surface area contributed by atoms with Gasteiger partial charge in [-0.1, -0.05) is 19.1 Å². The van der Waals surface area contributed by atoms with Crippen molar-refractivity contribution in [2.75, 3.05) is 20.6 Å². The largest absolute Gasteiger partial charge is 0.350 e. The summed E-state index contributed by atoms with van der Waals surface area (Å²) in [5.41, 5.74) is 1.83. The zero-order chi connectivity index (χ0) is 16.8. The number of carbonyl (C=O) groups excluding carboxylic acids is 2. The van der Waals surface area contributed by atoms with Gasteiger partial charge < -0.3 is 15.1 Å². The van der Waals surface area contributed by atoms with Crippen LogP contribution in [0.4, 0.5) is 4.79 Å². The third-order valence-corrected chi connectivity index (χ3v) is 3.67. The Morgan fingerprint density at radius 2 is 2.13 bits per heavy atom. The van der Waals surface area contributed by atoms with Gasteiger partial charge in [0, 0.05) is 27.1 Å². The second kappa shape index (κ2) is 7.80. The van der Waals surface area contributed by atoms with Crippen LogP contribution in [-0.4, -0.2) is 52.2 Å². The van der Waals surface area contributed by atoms with E-state index in [4.69, 9.17) is 0 Å². The van der Waals surface area contributed by atoms with Crippen LogP contribution < -0.4 is 5.32 Å². The lowest BCUT2D eigenvalue weighted by atomic mass is 10.3. The SMILES string of the molecule is CCC=CCC(=O)NCc1cc2n(n1)CCN(C(=O)N(C)C)C2. The van der Waals surface area contributed by atoms with Crippen LogP contribution in [0.2, 0.25) is 0 Å². The van der Waals surface area contributed by atoms with Crippen molar-refractivity contribution in [1.29, 1.82) is 0 Å². The standard InChI is InChI=1S/C16H25N5O2/c1-4-5-6-7-15(22)17-11-13-10-14-12-20(16(23)19(2)3)8-9-21(14)18-13/h5-6,10H,4,7-9,11-12H2,1-3H3,(H,17,22). The predicted molar refractivity (Wildman–Crippen MR) is 87.6 cm³/mol. The number of urea groups is 1. The van der Waals surface area contributed by atoms with E-state index in [-0.39, 0.29) is 11.9 Å². The van der Waals surface area contributed by atoms with Crippen LogP contribution in [0, 0.1) is 0 Å². The Balaban J connectivity index is 1.89. The number of rotatable bonds is 5. The highest BCUT2D eigenvalue weighted by Gasteiger charge is 2.23. The minimum Gasteiger partial charge on any atom is -0.350 e. The number of amides is 3. The number of hydrogen-bond donors (Lipinski definition) is 1. The zero-order valence-electron chi connectivity index (χ0n) is 14.1. The van der Waals surface area contributed by atoms with Crippen LogP contribution in [0.5, 0.6) is 0 Å². The molecule has 2 rings (SSSR count). The molecule has 1 aromatic rings. The molecule has 0 aromatic carbocycles. The molecule has 126 valence electrons. The maximum Gasteiger partial charge on any atom is 0.319 e. The molecular formula is C16H25N5O2. The highest BCUT2D eigenvalue weighted by molar-refractivity contribution is 5.77. The normalized spacial score (nSPS) is 14.0. The third-order valence-electron chi connectivity index (χ3n) is 3.67. The Morgan fingerprint density at radius 3 is 2.83 bits per heavy atom. The summed E-state index contributed by atoms with van der Waals surface area (Å²) in [7, 11) is 3.50. The molecule has 1 aliphatic rings. The van der Waals surface area contributed by atoms with Gasteiger partial charge in [0.05, 0.1) is 31.0 Å². The highest BCUT2D eigenvalue weighted by atomic mass is 16.2. The lowest BCUT2D eigenvalue weighted by Crippen LogP contribution is -2.43. The Bertz CT molecular complexity index is 591. The summed E-state index contributed by atoms with van der Waals surface area (Å²) in [6.07, 6.45) is 5.18. The van der Waals surface area contributed by atoms with Crippen molar-refractivity contribution in [1.82, 2.24) is 24.9 Å². The fraction of sp³-hybridized carbons (Fsp3) is 0.562. The van der Waals surface area contributed by atoms with E-state index in [2.05, 4.69) is 10.4 Å². The molecule has 23 heavy (non-hydrogen) atoms. The molecule has 0 atom stereocenters. The first-order chi connectivity index (χ1) is 11.0. The lowest BCUT2D eigenvalue weighted by Gasteiger charge is -2.29. The second-order valence-electron chi connectivity index (χ2n) is 5.81. The van der Waals surface area contributed by atoms with E-state index in [1.54, 1.807) is 23.9 Å². The molecule has 7 heteroatoms. The fourth-order valence-electron chi connectivity index (χ4n) is 2.48. The van der Waals surface area contributed by atoms with Crippen LogP contribution >= 0.6 is 0 Å². The number of fused-ring (bicyclic) bond motifs is 1. The summed E-state index contributed by atoms with van der Waals surface area (Å²) in [4.78, 5) is 27.1. The number of hydrogen-bond acceptors (Lipinski definition) is 3. The van der Waals surface area contributed by atoms with Crippen molar-refractivity contribution in [3.8, 4) is 0 Å². The Morgan fingerprint density at radius 1 is 1.35 bits per heavy atom. The van der Waals surface area contributed by atoms with Crippen molar-refractivity contribution in [3.63, 3.8) is 0 Å². The van der Waals surface area contributed by atoms with Gasteiger partial charge in [-0.15, -0.1) is 0 Å². The van der Waals surface area contributed by atoms with Gasteiger partial charge in [0.2, 0.25) is 5.91 Å². The quantitative estimate of drug-likeness (QED) is 0.833. The molecular weight excluding hydrogens is 294 g/mol. The molecule has 0 saturated carbocycles. The van der Waals surface area contributed by atoms with Crippen molar-refractivity contribution < 1.29 is 9.59 Å². The van der Waals surface area contributed by atoms with Crippen LogP contribution in [0.25, 0.3) is 0 Å². The number of aromatic nitrogens is 2. The molecule has 7 nitrogen and oxygen atoms in total. The molecule has 0 aliphatic carbocycles. The maximum atomic E-state index is 12.0. The summed E-state index contributed by atoms with van der Waals surface area (Å²) in [5.74, 6) is -0.00918. The first kappa shape index (κ1) is 17.1. The minimum absolute atomic E-state index is 0.00918. The Labute approximate surface area is 136 Å². The first-order valence-electron chi connectivity index (χ1n) is 7.94. The summed E-state index contributed by atoms with van der Waals surface area (Å²) in [5, 5.41) is 7.35. The average molecular weight is 319 g/mol. The van der Waals surface area contributed by atoms with E-state index >= 15 is 0 Å². The predicted octanol–water partition coefficient (Wildman–Crippen LogP) is 1.35. The highest BCUT2D eigenvalue weighted by Crippen LogP contribution is 2.14. The average Bonchev–Trinajstić information content (AvgIpc) is 2.94. The van der Waals surface area contributed by atoms with Gasteiger partial charge in [-0.2, -0.15) is 5.10 Å². The molecule has 1 aromatic heterocycles. The molecule has 0 unspecified atom stereocenters. The molecule has 0 spiro atoms. The van der Waals surface area contributed by atoms with E-state index in [9.17, 15) is 9.59 Å². The summed E-state index contributed by atoms with van der Waals surface area (Å²) in [6, 6.07) is 1.96. The van der Waals surface area contributed by atoms with Gasteiger partial charge >= 0.3 is 6.03 Å². The molecule has 0 radical (unpaired) electrons. The molecule has 2 heterocycles. The first-order valence-corrected chi connectivity index (χ1v) is 7.94. The van der Waals surface area contributed by atoms with E-state index in [1.165, 1.54) is 0 Å². The topological polar surface area (TPSA) is 70.5 Å². The number of nitrogens with one attached hydrogen (secondary N) is 1. The molecule has 1 aliphatic heterocycles. The molecule has 0 bridgehead atoms. The fourth-order valence-corrected chi connectivity index (χ4v) is 2.48. The lowest BCUT2D eigenvalue weighted by molar-refractivity contribution is -0.120. The van der Waals surface area contributed by atoms with Gasteiger partial charge in [-0.05, 0) is 12.5 Å². The molecule has 0 fully saturated rings. The summed E-state index contributed by atoms with van der Waals surface area (Å²) >= 11 is 0. The van der Waals surface area contributed by atoms with Crippen molar-refractivity contribution >= 4 is 11.9 Å². The van der Waals surface area contributed by atoms with Crippen LogP contribution in [0.15, 0.2) is 18.2 Å². The van der Waals surface area contributed by atoms with E-state index < -0.39 is 0 Å². The second-order valence-corrected chi connectivity index (χ2v) is 5.81. The Hall–Kier alpha value is -2.31. The third kappa shape index (κ3) is 4.58. The van der Waals surface area contributed by atoms with Gasteiger partial charge in [0.15, 0.2) is 0 Å². The van der Waals surface area contributed by atoms with Gasteiger partial charge in [0.1, 0.15) is 0 Å². The van der Waals surface area contributed by atoms with Crippen LogP contribution in [0.1, 0.15) is 31.2 Å². The smallest absolute Gasteiger partial charge is 0.319 e. The van der Waals surface area contributed by atoms with Crippen molar-refractivity contribution in [2.45, 2.75) is 39.4 Å². The van der Waals surface area contributed by atoms with E-state index in [0.717, 1.165) is 17.8 Å². The minimum atomic E-state index is -0.00918. The molecule has 3 amide bonds. The molecule has 0 saturated heterocycles. The number of allylic oxidation sites excluding steroid dienone is 1. The van der Waals surface area contributed by atoms with E-state index in [1.807, 2.05) is 29.8 Å². The van der Waals surface area contributed by atoms with Gasteiger partial charge in [-0.3, -0.25) is 9.48 Å². The Kier molecular flexibility index (Phi) is 5.78. The number of carbonyl (C=O) groups is 2. The summed E-state index contributed by atoms with van der Waals surface area (Å²) in [6.45, 7) is 4.34. The van der Waals surface area contributed by atoms with Crippen molar-refractivity contribution in [2.24, 2.45) is 0 Å². The summed E-state index contributed by atoms with van der Waals surface area (Å²) < 4.78 is 1.91. The monoisotopic (exact) mass is 319 g/mol. The maximum absolute atomic E-state index is 12.0.